The molecule has 5 nitrogen and oxygen atoms in total. The SMILES string of the molecule is Cn1nc(-c2ccc(OC(F)(F)F)cc2)cc1CCOc1ccc2cc[nH]c2c1. The Morgan fingerprint density at radius 2 is 1.76 bits per heavy atom. The third-order valence-corrected chi connectivity index (χ3v) is 4.51. The highest BCUT2D eigenvalue weighted by atomic mass is 19.4. The molecular formula is C21H18F3N3O2. The van der Waals surface area contributed by atoms with Gasteiger partial charge in [0, 0.05) is 42.5 Å². The number of aryl methyl sites for hydroxylation is 1. The van der Waals surface area contributed by atoms with Gasteiger partial charge in [-0.15, -0.1) is 13.2 Å². The van der Waals surface area contributed by atoms with Crippen LogP contribution in [-0.2, 0) is 13.5 Å². The lowest BCUT2D eigenvalue weighted by molar-refractivity contribution is -0.274. The number of hydrogen-bond acceptors (Lipinski definition) is 3. The van der Waals surface area contributed by atoms with Crippen molar-refractivity contribution in [3.8, 4) is 22.8 Å². The summed E-state index contributed by atoms with van der Waals surface area (Å²) in [6.45, 7) is 0.476. The van der Waals surface area contributed by atoms with Crippen LogP contribution in [0.15, 0.2) is 60.8 Å². The van der Waals surface area contributed by atoms with Gasteiger partial charge in [0.1, 0.15) is 11.5 Å². The Labute approximate surface area is 164 Å². The fourth-order valence-corrected chi connectivity index (χ4v) is 3.10. The van der Waals surface area contributed by atoms with Crippen LogP contribution in [0, 0.1) is 0 Å². The molecule has 0 amide bonds. The van der Waals surface area contributed by atoms with Gasteiger partial charge in [-0.1, -0.05) is 0 Å². The second-order valence-electron chi connectivity index (χ2n) is 6.54. The topological polar surface area (TPSA) is 52.1 Å². The van der Waals surface area contributed by atoms with Crippen LogP contribution in [0.5, 0.6) is 11.5 Å². The zero-order valence-electron chi connectivity index (χ0n) is 15.5. The van der Waals surface area contributed by atoms with Crippen LogP contribution < -0.4 is 9.47 Å². The lowest BCUT2D eigenvalue weighted by atomic mass is 10.1. The van der Waals surface area contributed by atoms with E-state index in [2.05, 4.69) is 14.8 Å². The van der Waals surface area contributed by atoms with Crippen LogP contribution in [0.25, 0.3) is 22.2 Å². The van der Waals surface area contributed by atoms with E-state index in [1.165, 1.54) is 12.1 Å². The molecule has 0 saturated heterocycles. The molecule has 4 aromatic rings. The van der Waals surface area contributed by atoms with Crippen LogP contribution in [0.1, 0.15) is 5.69 Å². The number of hydrogen-bond donors (Lipinski definition) is 1. The molecule has 0 saturated carbocycles. The van der Waals surface area contributed by atoms with E-state index < -0.39 is 6.36 Å². The van der Waals surface area contributed by atoms with Gasteiger partial charge in [-0.2, -0.15) is 5.10 Å². The summed E-state index contributed by atoms with van der Waals surface area (Å²) in [5.41, 5.74) is 3.35. The van der Waals surface area contributed by atoms with Crippen molar-refractivity contribution in [2.75, 3.05) is 6.61 Å². The maximum atomic E-state index is 12.3. The molecular weight excluding hydrogens is 383 g/mol. The molecule has 2 aromatic heterocycles. The van der Waals surface area contributed by atoms with Gasteiger partial charge in [0.25, 0.3) is 0 Å². The number of nitrogens with zero attached hydrogens (tertiary/aromatic N) is 2. The van der Waals surface area contributed by atoms with E-state index in [1.54, 1.807) is 16.8 Å². The normalized spacial score (nSPS) is 11.7. The molecule has 150 valence electrons. The molecule has 0 fully saturated rings. The average molecular weight is 401 g/mol. The van der Waals surface area contributed by atoms with Gasteiger partial charge >= 0.3 is 6.36 Å². The fraction of sp³-hybridized carbons (Fsp3) is 0.190. The molecule has 1 N–H and O–H groups in total. The number of H-pyrrole nitrogens is 1. The summed E-state index contributed by atoms with van der Waals surface area (Å²) in [5.74, 6) is 0.521. The highest BCUT2D eigenvalue weighted by Gasteiger charge is 2.31. The minimum Gasteiger partial charge on any atom is -0.493 e. The second kappa shape index (κ2) is 7.54. The van der Waals surface area contributed by atoms with Gasteiger partial charge < -0.3 is 14.5 Å². The molecule has 0 radical (unpaired) electrons. The van der Waals surface area contributed by atoms with Gasteiger partial charge in [0.05, 0.1) is 12.3 Å². The molecule has 0 spiro atoms. The molecule has 0 unspecified atom stereocenters. The Morgan fingerprint density at radius 1 is 1.00 bits per heavy atom. The molecule has 0 aliphatic heterocycles. The summed E-state index contributed by atoms with van der Waals surface area (Å²) < 4.78 is 48.3. The zero-order chi connectivity index (χ0) is 20.4. The smallest absolute Gasteiger partial charge is 0.493 e. The molecule has 0 aliphatic rings. The first-order valence-corrected chi connectivity index (χ1v) is 8.96. The lowest BCUT2D eigenvalue weighted by Gasteiger charge is -2.08. The molecule has 2 aromatic carbocycles. The van der Waals surface area contributed by atoms with Crippen LogP contribution in [-0.4, -0.2) is 27.7 Å². The summed E-state index contributed by atoms with van der Waals surface area (Å²) in [6, 6.07) is 15.4. The molecule has 2 heterocycles. The first-order valence-electron chi connectivity index (χ1n) is 8.96. The number of halogens is 3. The Hall–Kier alpha value is -3.42. The van der Waals surface area contributed by atoms with Crippen molar-refractivity contribution < 1.29 is 22.6 Å². The Morgan fingerprint density at radius 3 is 2.52 bits per heavy atom. The van der Waals surface area contributed by atoms with Crippen molar-refractivity contribution in [3.05, 3.63) is 66.5 Å². The van der Waals surface area contributed by atoms with Gasteiger partial charge in [0.15, 0.2) is 0 Å². The number of fused-ring (bicyclic) bond motifs is 1. The number of ether oxygens (including phenoxy) is 2. The Kier molecular flexibility index (Phi) is 4.92. The van der Waals surface area contributed by atoms with Crippen molar-refractivity contribution in [2.45, 2.75) is 12.8 Å². The summed E-state index contributed by atoms with van der Waals surface area (Å²) in [7, 11) is 1.82. The molecule has 0 bridgehead atoms. The molecule has 0 aliphatic carbocycles. The average Bonchev–Trinajstić information content (AvgIpc) is 3.27. The standard InChI is InChI=1S/C21H18F3N3O2/c1-27-16(9-11-28-18-7-4-15-8-10-25-19(15)13-18)12-20(26-27)14-2-5-17(6-3-14)29-21(22,23)24/h2-8,10,12-13,25H,9,11H2,1H3. The first kappa shape index (κ1) is 18.9. The Bertz CT molecular complexity index is 1110. The molecule has 8 heteroatoms. The summed E-state index contributed by atoms with van der Waals surface area (Å²) in [4.78, 5) is 3.15. The number of nitrogens with one attached hydrogen (secondary N) is 1. The quantitative estimate of drug-likeness (QED) is 0.490. The Balaban J connectivity index is 1.39. The second-order valence-corrected chi connectivity index (χ2v) is 6.54. The largest absolute Gasteiger partial charge is 0.573 e. The first-order chi connectivity index (χ1) is 13.9. The molecule has 0 atom stereocenters. The maximum absolute atomic E-state index is 12.3. The van der Waals surface area contributed by atoms with E-state index in [0.29, 0.717) is 24.3 Å². The number of aromatic nitrogens is 3. The summed E-state index contributed by atoms with van der Waals surface area (Å²) in [5, 5.41) is 5.56. The van der Waals surface area contributed by atoms with Crippen LogP contribution >= 0.6 is 0 Å². The van der Waals surface area contributed by atoms with E-state index in [0.717, 1.165) is 22.3 Å². The highest BCUT2D eigenvalue weighted by molar-refractivity contribution is 5.80. The van der Waals surface area contributed by atoms with Gasteiger partial charge in [-0.25, -0.2) is 0 Å². The van der Waals surface area contributed by atoms with Crippen LogP contribution in [0.4, 0.5) is 13.2 Å². The predicted molar refractivity (Wildman–Crippen MR) is 103 cm³/mol. The number of alkyl halides is 3. The van der Waals surface area contributed by atoms with Crippen molar-refractivity contribution in [1.29, 1.82) is 0 Å². The van der Waals surface area contributed by atoms with Crippen LogP contribution in [0.2, 0.25) is 0 Å². The van der Waals surface area contributed by atoms with Crippen LogP contribution in [0.3, 0.4) is 0 Å². The maximum Gasteiger partial charge on any atom is 0.573 e. The van der Waals surface area contributed by atoms with Gasteiger partial charge in [-0.05, 0) is 53.9 Å². The minimum atomic E-state index is -4.70. The summed E-state index contributed by atoms with van der Waals surface area (Å²) >= 11 is 0. The van der Waals surface area contributed by atoms with E-state index in [1.807, 2.05) is 43.6 Å². The summed E-state index contributed by atoms with van der Waals surface area (Å²) in [6.07, 6.45) is -2.18. The van der Waals surface area contributed by atoms with Gasteiger partial charge in [-0.3, -0.25) is 4.68 Å². The third kappa shape index (κ3) is 4.53. The monoisotopic (exact) mass is 401 g/mol. The van der Waals surface area contributed by atoms with Crippen molar-refractivity contribution in [1.82, 2.24) is 14.8 Å². The number of rotatable bonds is 6. The van der Waals surface area contributed by atoms with E-state index in [4.69, 9.17) is 4.74 Å². The zero-order valence-corrected chi connectivity index (χ0v) is 15.5. The van der Waals surface area contributed by atoms with Crippen molar-refractivity contribution >= 4 is 10.9 Å². The number of aromatic amines is 1. The fourth-order valence-electron chi connectivity index (χ4n) is 3.10. The third-order valence-electron chi connectivity index (χ3n) is 4.51. The van der Waals surface area contributed by atoms with E-state index in [-0.39, 0.29) is 5.75 Å². The van der Waals surface area contributed by atoms with Crippen molar-refractivity contribution in [2.24, 2.45) is 7.05 Å². The van der Waals surface area contributed by atoms with Gasteiger partial charge in [0.2, 0.25) is 0 Å². The van der Waals surface area contributed by atoms with E-state index in [9.17, 15) is 13.2 Å². The lowest BCUT2D eigenvalue weighted by Crippen LogP contribution is -2.16. The number of benzene rings is 2. The van der Waals surface area contributed by atoms with Crippen molar-refractivity contribution in [3.63, 3.8) is 0 Å². The molecule has 29 heavy (non-hydrogen) atoms. The predicted octanol–water partition coefficient (Wildman–Crippen LogP) is 5.09. The molecule has 4 rings (SSSR count). The van der Waals surface area contributed by atoms with E-state index >= 15 is 0 Å². The highest BCUT2D eigenvalue weighted by Crippen LogP contribution is 2.26. The minimum absolute atomic E-state index is 0.259.